The molecule has 0 aliphatic heterocycles. The zero-order valence-corrected chi connectivity index (χ0v) is 15.1. The van der Waals surface area contributed by atoms with Gasteiger partial charge in [0.2, 0.25) is 0 Å². The number of unbranched alkanes of at least 4 members (excludes halogenated alkanes) is 1. The second-order valence-corrected chi connectivity index (χ2v) is 6.25. The van der Waals surface area contributed by atoms with Gasteiger partial charge >= 0.3 is 5.97 Å². The summed E-state index contributed by atoms with van der Waals surface area (Å²) in [5.74, 6) is -0.288. The van der Waals surface area contributed by atoms with Gasteiger partial charge in [0.1, 0.15) is 22.5 Å². The van der Waals surface area contributed by atoms with Crippen molar-refractivity contribution in [3.63, 3.8) is 0 Å². The Balaban J connectivity index is 1.89. The summed E-state index contributed by atoms with van der Waals surface area (Å²) in [6.07, 6.45) is 1.81. The molecule has 0 bridgehead atoms. The van der Waals surface area contributed by atoms with Gasteiger partial charge < -0.3 is 14.7 Å². The number of carbonyl (C=O) groups is 1. The third kappa shape index (κ3) is 3.61. The van der Waals surface area contributed by atoms with E-state index in [9.17, 15) is 9.90 Å². The third-order valence-electron chi connectivity index (χ3n) is 4.04. The Kier molecular flexibility index (Phi) is 5.06. The van der Waals surface area contributed by atoms with Gasteiger partial charge in [0.25, 0.3) is 0 Å². The van der Waals surface area contributed by atoms with Crippen molar-refractivity contribution < 1.29 is 14.6 Å². The highest BCUT2D eigenvalue weighted by Crippen LogP contribution is 2.26. The molecule has 0 aliphatic rings. The van der Waals surface area contributed by atoms with Crippen molar-refractivity contribution in [2.75, 3.05) is 25.6 Å². The van der Waals surface area contributed by atoms with Crippen LogP contribution in [0.1, 0.15) is 30.1 Å². The number of aromatic nitrogens is 3. The number of rotatable bonds is 6. The van der Waals surface area contributed by atoms with Gasteiger partial charge in [-0.3, -0.25) is 0 Å². The van der Waals surface area contributed by atoms with Gasteiger partial charge in [-0.15, -0.1) is 15.0 Å². The van der Waals surface area contributed by atoms with Gasteiger partial charge in [-0.2, -0.15) is 0 Å². The number of fused-ring (bicyclic) bond motifs is 1. The van der Waals surface area contributed by atoms with Crippen LogP contribution in [0.3, 0.4) is 0 Å². The highest BCUT2D eigenvalue weighted by Gasteiger charge is 2.13. The molecule has 0 spiro atoms. The van der Waals surface area contributed by atoms with E-state index >= 15 is 0 Å². The van der Waals surface area contributed by atoms with Crippen molar-refractivity contribution in [1.29, 1.82) is 0 Å². The fraction of sp³-hybridized carbons (Fsp3) is 0.316. The van der Waals surface area contributed by atoms with Gasteiger partial charge in [-0.05, 0) is 36.8 Å². The molecule has 1 aromatic heterocycles. The summed E-state index contributed by atoms with van der Waals surface area (Å²) >= 11 is 0. The lowest BCUT2D eigenvalue weighted by molar-refractivity contribution is 0.0500. The minimum absolute atomic E-state index is 0.0794. The van der Waals surface area contributed by atoms with Gasteiger partial charge in [0, 0.05) is 25.8 Å². The monoisotopic (exact) mass is 354 g/mol. The molecule has 26 heavy (non-hydrogen) atoms. The number of hydrogen-bond donors (Lipinski definition) is 1. The molecule has 1 N–H and O–H groups in total. The molecular weight excluding hydrogens is 332 g/mol. The average Bonchev–Trinajstić information content (AvgIpc) is 3.04. The van der Waals surface area contributed by atoms with E-state index in [1.165, 1.54) is 4.80 Å². The van der Waals surface area contributed by atoms with Crippen LogP contribution in [0.5, 0.6) is 5.75 Å². The largest absolute Gasteiger partial charge is 0.506 e. The van der Waals surface area contributed by atoms with Crippen molar-refractivity contribution in [3.8, 4) is 11.4 Å². The van der Waals surface area contributed by atoms with Crippen molar-refractivity contribution in [2.45, 2.75) is 19.8 Å². The van der Waals surface area contributed by atoms with E-state index in [0.29, 0.717) is 28.9 Å². The molecule has 0 saturated carbocycles. The molecule has 0 fully saturated rings. The highest BCUT2D eigenvalue weighted by atomic mass is 16.5. The van der Waals surface area contributed by atoms with Crippen LogP contribution >= 0.6 is 0 Å². The van der Waals surface area contributed by atoms with Crippen LogP contribution in [-0.4, -0.2) is 46.8 Å². The lowest BCUT2D eigenvalue weighted by Crippen LogP contribution is -2.09. The Labute approximate surface area is 151 Å². The second kappa shape index (κ2) is 7.43. The van der Waals surface area contributed by atoms with Crippen LogP contribution in [0.2, 0.25) is 0 Å². The van der Waals surface area contributed by atoms with Crippen LogP contribution in [0.4, 0.5) is 5.69 Å². The van der Waals surface area contributed by atoms with Gasteiger partial charge in [-0.25, -0.2) is 4.79 Å². The first-order chi connectivity index (χ1) is 12.5. The smallest absolute Gasteiger partial charge is 0.338 e. The predicted octanol–water partition coefficient (Wildman–Crippen LogP) is 3.15. The molecule has 0 saturated heterocycles. The van der Waals surface area contributed by atoms with E-state index in [4.69, 9.17) is 4.74 Å². The molecule has 2 aromatic carbocycles. The number of benzene rings is 2. The van der Waals surface area contributed by atoms with Crippen LogP contribution in [-0.2, 0) is 4.74 Å². The Hall–Kier alpha value is -3.09. The number of nitrogens with zero attached hydrogens (tertiary/aromatic N) is 4. The van der Waals surface area contributed by atoms with Crippen LogP contribution in [0, 0.1) is 0 Å². The number of aromatic hydroxyl groups is 1. The number of phenols is 1. The lowest BCUT2D eigenvalue weighted by atomic mass is 10.2. The van der Waals surface area contributed by atoms with E-state index in [1.807, 2.05) is 32.0 Å². The first-order valence-electron chi connectivity index (χ1n) is 8.54. The molecule has 7 nitrogen and oxygen atoms in total. The van der Waals surface area contributed by atoms with Crippen molar-refractivity contribution in [3.05, 3.63) is 42.0 Å². The van der Waals surface area contributed by atoms with E-state index in [1.54, 1.807) is 30.3 Å². The van der Waals surface area contributed by atoms with Gasteiger partial charge in [0.15, 0.2) is 0 Å². The summed E-state index contributed by atoms with van der Waals surface area (Å²) in [5.41, 5.74) is 2.98. The van der Waals surface area contributed by atoms with Crippen molar-refractivity contribution in [2.24, 2.45) is 0 Å². The maximum absolute atomic E-state index is 12.1. The predicted molar refractivity (Wildman–Crippen MR) is 100 cm³/mol. The Morgan fingerprint density at radius 1 is 1.15 bits per heavy atom. The van der Waals surface area contributed by atoms with E-state index < -0.39 is 0 Å². The Morgan fingerprint density at radius 2 is 1.92 bits per heavy atom. The van der Waals surface area contributed by atoms with Crippen molar-refractivity contribution >= 4 is 22.7 Å². The molecule has 0 amide bonds. The first kappa shape index (κ1) is 17.7. The molecular formula is C19H22N4O3. The topological polar surface area (TPSA) is 80.5 Å². The number of phenolic OH excluding ortho intramolecular Hbond substituents is 1. The number of carbonyl (C=O) groups excluding carboxylic acids is 1. The van der Waals surface area contributed by atoms with Crippen LogP contribution in [0.15, 0.2) is 36.4 Å². The molecule has 3 rings (SSSR count). The second-order valence-electron chi connectivity index (χ2n) is 6.25. The molecule has 1 heterocycles. The average molecular weight is 354 g/mol. The molecule has 0 radical (unpaired) electrons. The molecule has 0 aliphatic carbocycles. The number of anilines is 1. The summed E-state index contributed by atoms with van der Waals surface area (Å²) < 4.78 is 5.22. The number of hydrogen-bond acceptors (Lipinski definition) is 6. The fourth-order valence-corrected chi connectivity index (χ4v) is 2.50. The fourth-order valence-electron chi connectivity index (χ4n) is 2.50. The summed E-state index contributed by atoms with van der Waals surface area (Å²) in [6, 6.07) is 10.3. The first-order valence-corrected chi connectivity index (χ1v) is 8.54. The minimum Gasteiger partial charge on any atom is -0.506 e. The Morgan fingerprint density at radius 3 is 2.62 bits per heavy atom. The Bertz CT molecular complexity index is 934. The number of esters is 1. The maximum atomic E-state index is 12.1. The molecule has 0 atom stereocenters. The SMILES string of the molecule is CCCCOC(=O)c1ccc2nn(-c3ccc(N(C)C)cc3O)nc2c1. The normalized spacial score (nSPS) is 10.9. The van der Waals surface area contributed by atoms with E-state index in [-0.39, 0.29) is 11.7 Å². The number of ether oxygens (including phenoxy) is 1. The summed E-state index contributed by atoms with van der Waals surface area (Å²) in [4.78, 5) is 15.3. The highest BCUT2D eigenvalue weighted by molar-refractivity contribution is 5.93. The van der Waals surface area contributed by atoms with E-state index in [0.717, 1.165) is 18.5 Å². The molecule has 0 unspecified atom stereocenters. The molecule has 136 valence electrons. The van der Waals surface area contributed by atoms with E-state index in [2.05, 4.69) is 10.2 Å². The zero-order chi connectivity index (χ0) is 18.7. The van der Waals surface area contributed by atoms with Crippen molar-refractivity contribution in [1.82, 2.24) is 15.0 Å². The maximum Gasteiger partial charge on any atom is 0.338 e. The standard InChI is InChI=1S/C19H22N4O3/c1-4-5-10-26-19(25)13-6-8-15-16(11-13)21-23(20-15)17-9-7-14(22(2)3)12-18(17)24/h6-9,11-12,24H,4-5,10H2,1-3H3. The lowest BCUT2D eigenvalue weighted by Gasteiger charge is -2.13. The van der Waals surface area contributed by atoms with Gasteiger partial charge in [0.05, 0.1) is 12.2 Å². The van der Waals surface area contributed by atoms with Crippen LogP contribution < -0.4 is 4.90 Å². The molecule has 3 aromatic rings. The molecule has 7 heteroatoms. The third-order valence-corrected chi connectivity index (χ3v) is 4.04. The quantitative estimate of drug-likeness (QED) is 0.541. The summed E-state index contributed by atoms with van der Waals surface area (Å²) in [5, 5.41) is 19.0. The minimum atomic E-state index is -0.368. The van der Waals surface area contributed by atoms with Crippen LogP contribution in [0.25, 0.3) is 16.7 Å². The zero-order valence-electron chi connectivity index (χ0n) is 15.1. The summed E-state index contributed by atoms with van der Waals surface area (Å²) in [6.45, 7) is 2.45. The van der Waals surface area contributed by atoms with Gasteiger partial charge in [-0.1, -0.05) is 13.3 Å². The summed E-state index contributed by atoms with van der Waals surface area (Å²) in [7, 11) is 3.80.